The molecule has 0 unspecified atom stereocenters. The third-order valence-corrected chi connectivity index (χ3v) is 5.05. The van der Waals surface area contributed by atoms with E-state index in [0.29, 0.717) is 11.4 Å². The zero-order valence-corrected chi connectivity index (χ0v) is 12.4. The van der Waals surface area contributed by atoms with E-state index in [2.05, 4.69) is 15.0 Å². The van der Waals surface area contributed by atoms with Gasteiger partial charge in [-0.2, -0.15) is 0 Å². The van der Waals surface area contributed by atoms with Gasteiger partial charge in [0.15, 0.2) is 5.82 Å². The minimum atomic E-state index is -3.80. The summed E-state index contributed by atoms with van der Waals surface area (Å²) in [5.41, 5.74) is -0.111. The van der Waals surface area contributed by atoms with Crippen LogP contribution in [0.25, 0.3) is 0 Å². The Morgan fingerprint density at radius 1 is 1.40 bits per heavy atom. The fraction of sp³-hybridized carbons (Fsp3) is 0.250. The molecule has 0 saturated carbocycles. The van der Waals surface area contributed by atoms with Crippen molar-refractivity contribution in [3.63, 3.8) is 0 Å². The number of halogens is 1. The van der Waals surface area contributed by atoms with E-state index in [0.717, 1.165) is 12.7 Å². The molecule has 0 aliphatic heterocycles. The minimum Gasteiger partial charge on any atom is -0.312 e. The van der Waals surface area contributed by atoms with Crippen LogP contribution in [-0.2, 0) is 16.6 Å². The fourth-order valence-electron chi connectivity index (χ4n) is 1.59. The normalized spacial score (nSPS) is 11.5. The first-order chi connectivity index (χ1) is 9.54. The van der Waals surface area contributed by atoms with Crippen molar-refractivity contribution in [2.45, 2.75) is 18.4 Å². The van der Waals surface area contributed by atoms with Gasteiger partial charge in [-0.05, 0) is 24.1 Å². The van der Waals surface area contributed by atoms with Gasteiger partial charge in [0.1, 0.15) is 4.90 Å². The van der Waals surface area contributed by atoms with Crippen LogP contribution in [0.1, 0.15) is 11.8 Å². The first kappa shape index (κ1) is 14.9. The molecule has 0 atom stereocenters. The van der Waals surface area contributed by atoms with Crippen molar-refractivity contribution in [3.05, 3.63) is 40.6 Å². The number of thiophene rings is 1. The fourth-order valence-corrected chi connectivity index (χ4v) is 4.08. The second-order valence-corrected chi connectivity index (χ2v) is 6.60. The number of sulfonamides is 1. The molecule has 2 rings (SSSR count). The monoisotopic (exact) mass is 315 g/mol. The van der Waals surface area contributed by atoms with Gasteiger partial charge in [0.2, 0.25) is 0 Å². The molecular formula is C12H14FN3O2S2. The van der Waals surface area contributed by atoms with Gasteiger partial charge in [-0.1, -0.05) is 6.92 Å². The lowest BCUT2D eigenvalue weighted by Crippen LogP contribution is -2.17. The molecule has 8 heteroatoms. The highest BCUT2D eigenvalue weighted by Gasteiger charge is 2.20. The van der Waals surface area contributed by atoms with Crippen molar-refractivity contribution in [2.75, 3.05) is 11.3 Å². The van der Waals surface area contributed by atoms with Crippen LogP contribution in [0.4, 0.5) is 10.1 Å². The molecular weight excluding hydrogens is 301 g/mol. The lowest BCUT2D eigenvalue weighted by atomic mass is 10.4. The van der Waals surface area contributed by atoms with Gasteiger partial charge in [-0.15, -0.1) is 11.3 Å². The van der Waals surface area contributed by atoms with Crippen LogP contribution in [0.2, 0.25) is 0 Å². The van der Waals surface area contributed by atoms with Crippen molar-refractivity contribution < 1.29 is 12.8 Å². The number of aromatic nitrogens is 1. The summed E-state index contributed by atoms with van der Waals surface area (Å²) in [5.74, 6) is -0.709. The van der Waals surface area contributed by atoms with Gasteiger partial charge >= 0.3 is 0 Å². The van der Waals surface area contributed by atoms with Crippen molar-refractivity contribution in [2.24, 2.45) is 0 Å². The summed E-state index contributed by atoms with van der Waals surface area (Å²) < 4.78 is 40.3. The Morgan fingerprint density at radius 2 is 2.20 bits per heavy atom. The first-order valence-corrected chi connectivity index (χ1v) is 8.30. The standard InChI is InChI=1S/C12H14FN3O2S2/c1-2-14-8-11-12(4-6-19-11)20(17,18)16-10-3-5-15-7-9(10)13/h3-7,14H,2,8H2,1H3,(H,15,16). The molecule has 2 aromatic rings. The van der Waals surface area contributed by atoms with E-state index in [9.17, 15) is 12.8 Å². The summed E-state index contributed by atoms with van der Waals surface area (Å²) in [6.07, 6.45) is 2.29. The Morgan fingerprint density at radius 3 is 2.90 bits per heavy atom. The average molecular weight is 315 g/mol. The number of hydrogen-bond donors (Lipinski definition) is 2. The van der Waals surface area contributed by atoms with Crippen LogP contribution in [0.15, 0.2) is 34.8 Å². The van der Waals surface area contributed by atoms with E-state index in [1.807, 2.05) is 6.92 Å². The number of pyridine rings is 1. The summed E-state index contributed by atoms with van der Waals surface area (Å²) in [4.78, 5) is 4.43. The highest BCUT2D eigenvalue weighted by atomic mass is 32.2. The predicted octanol–water partition coefficient (Wildman–Crippen LogP) is 2.19. The second-order valence-electron chi connectivity index (χ2n) is 3.95. The van der Waals surface area contributed by atoms with E-state index in [4.69, 9.17) is 0 Å². The minimum absolute atomic E-state index is 0.111. The number of hydrogen-bond acceptors (Lipinski definition) is 5. The van der Waals surface area contributed by atoms with E-state index < -0.39 is 15.8 Å². The molecule has 0 aliphatic carbocycles. The highest BCUT2D eigenvalue weighted by Crippen LogP contribution is 2.25. The Bertz CT molecular complexity index is 686. The van der Waals surface area contributed by atoms with E-state index in [1.165, 1.54) is 29.7 Å². The summed E-state index contributed by atoms with van der Waals surface area (Å²) in [6.45, 7) is 3.14. The molecule has 0 aromatic carbocycles. The van der Waals surface area contributed by atoms with Gasteiger partial charge in [0.05, 0.1) is 11.9 Å². The summed E-state index contributed by atoms with van der Waals surface area (Å²) in [5, 5.41) is 4.77. The summed E-state index contributed by atoms with van der Waals surface area (Å²) in [7, 11) is -3.80. The lowest BCUT2D eigenvalue weighted by Gasteiger charge is -2.09. The molecule has 0 radical (unpaired) electrons. The topological polar surface area (TPSA) is 71.1 Å². The predicted molar refractivity (Wildman–Crippen MR) is 76.7 cm³/mol. The summed E-state index contributed by atoms with van der Waals surface area (Å²) >= 11 is 1.34. The van der Waals surface area contributed by atoms with Crippen molar-refractivity contribution in [1.82, 2.24) is 10.3 Å². The van der Waals surface area contributed by atoms with Gasteiger partial charge < -0.3 is 5.32 Å². The Hall–Kier alpha value is -1.51. The second kappa shape index (κ2) is 6.29. The van der Waals surface area contributed by atoms with Crippen LogP contribution in [0, 0.1) is 5.82 Å². The molecule has 0 aliphatic rings. The third-order valence-electron chi connectivity index (χ3n) is 2.55. The van der Waals surface area contributed by atoms with Gasteiger partial charge in [-0.25, -0.2) is 12.8 Å². The number of anilines is 1. The zero-order chi connectivity index (χ0) is 14.6. The number of rotatable bonds is 6. The molecule has 0 amide bonds. The maximum Gasteiger partial charge on any atom is 0.263 e. The van der Waals surface area contributed by atoms with Crippen LogP contribution in [-0.4, -0.2) is 19.9 Å². The Labute approximate surface area is 120 Å². The van der Waals surface area contributed by atoms with Crippen LogP contribution < -0.4 is 10.0 Å². The van der Waals surface area contributed by atoms with E-state index in [-0.39, 0.29) is 10.6 Å². The third kappa shape index (κ3) is 3.33. The molecule has 0 fully saturated rings. The molecule has 2 heterocycles. The quantitative estimate of drug-likeness (QED) is 0.857. The van der Waals surface area contributed by atoms with Crippen LogP contribution in [0.5, 0.6) is 0 Å². The number of nitrogens with zero attached hydrogens (tertiary/aromatic N) is 1. The van der Waals surface area contributed by atoms with Gasteiger partial charge in [-0.3, -0.25) is 9.71 Å². The van der Waals surface area contributed by atoms with Crippen molar-refractivity contribution in [3.8, 4) is 0 Å². The maximum atomic E-state index is 13.5. The SMILES string of the molecule is CCNCc1sccc1S(=O)(=O)Nc1ccncc1F. The average Bonchev–Trinajstić information content (AvgIpc) is 2.88. The highest BCUT2D eigenvalue weighted by molar-refractivity contribution is 7.93. The van der Waals surface area contributed by atoms with Gasteiger partial charge in [0, 0.05) is 17.6 Å². The van der Waals surface area contributed by atoms with E-state index in [1.54, 1.807) is 5.38 Å². The first-order valence-electron chi connectivity index (χ1n) is 5.94. The molecule has 20 heavy (non-hydrogen) atoms. The van der Waals surface area contributed by atoms with Crippen LogP contribution >= 0.6 is 11.3 Å². The molecule has 2 aromatic heterocycles. The molecule has 108 valence electrons. The molecule has 0 spiro atoms. The van der Waals surface area contributed by atoms with E-state index >= 15 is 0 Å². The smallest absolute Gasteiger partial charge is 0.263 e. The maximum absolute atomic E-state index is 13.5. The number of nitrogens with one attached hydrogen (secondary N) is 2. The zero-order valence-electron chi connectivity index (χ0n) is 10.8. The molecule has 5 nitrogen and oxygen atoms in total. The molecule has 0 bridgehead atoms. The molecule has 2 N–H and O–H groups in total. The van der Waals surface area contributed by atoms with Crippen LogP contribution in [0.3, 0.4) is 0 Å². The van der Waals surface area contributed by atoms with Gasteiger partial charge in [0.25, 0.3) is 10.0 Å². The summed E-state index contributed by atoms with van der Waals surface area (Å²) in [6, 6.07) is 2.79. The largest absolute Gasteiger partial charge is 0.312 e. The van der Waals surface area contributed by atoms with Crippen molar-refractivity contribution >= 4 is 27.0 Å². The Balaban J connectivity index is 2.27. The Kier molecular flexibility index (Phi) is 4.69. The lowest BCUT2D eigenvalue weighted by molar-refractivity contribution is 0.596. The molecule has 0 saturated heterocycles. The van der Waals surface area contributed by atoms with Crippen molar-refractivity contribution in [1.29, 1.82) is 0 Å².